The molecule has 0 atom stereocenters. The molecule has 3 heteroatoms. The van der Waals surface area contributed by atoms with Crippen molar-refractivity contribution in [2.45, 2.75) is 51.4 Å². The third-order valence-electron chi connectivity index (χ3n) is 4.30. The van der Waals surface area contributed by atoms with Gasteiger partial charge in [-0.3, -0.25) is 4.79 Å². The maximum absolute atomic E-state index is 12.0. The maximum atomic E-state index is 12.0. The van der Waals surface area contributed by atoms with Crippen molar-refractivity contribution < 1.29 is 4.79 Å². The van der Waals surface area contributed by atoms with Gasteiger partial charge in [0.25, 0.3) is 0 Å². The standard InChI is InChI=1S/C17H24ClNO/c1-17(2,14-7-9-15(18)10-8-14)12-19-16(20)11-13-5-3-4-6-13/h7-10,13H,3-6,11-12H2,1-2H3,(H,19,20). The van der Waals surface area contributed by atoms with E-state index in [1.807, 2.05) is 24.3 Å². The van der Waals surface area contributed by atoms with E-state index in [1.165, 1.54) is 31.2 Å². The Morgan fingerprint density at radius 2 is 1.85 bits per heavy atom. The van der Waals surface area contributed by atoms with Gasteiger partial charge in [-0.15, -0.1) is 0 Å². The predicted octanol–water partition coefficient (Wildman–Crippen LogP) is 4.31. The minimum atomic E-state index is -0.0735. The molecule has 0 heterocycles. The highest BCUT2D eigenvalue weighted by Crippen LogP contribution is 2.28. The van der Waals surface area contributed by atoms with Crippen LogP contribution in [0.5, 0.6) is 0 Å². The van der Waals surface area contributed by atoms with Gasteiger partial charge in [-0.05, 0) is 36.5 Å². The van der Waals surface area contributed by atoms with Gasteiger partial charge in [0, 0.05) is 23.4 Å². The smallest absolute Gasteiger partial charge is 0.220 e. The van der Waals surface area contributed by atoms with E-state index >= 15 is 0 Å². The van der Waals surface area contributed by atoms with Gasteiger partial charge in [-0.1, -0.05) is 50.4 Å². The van der Waals surface area contributed by atoms with Crippen LogP contribution < -0.4 is 5.32 Å². The number of hydrogen-bond acceptors (Lipinski definition) is 1. The topological polar surface area (TPSA) is 29.1 Å². The third kappa shape index (κ3) is 4.24. The zero-order chi connectivity index (χ0) is 14.6. The minimum absolute atomic E-state index is 0.0735. The summed E-state index contributed by atoms with van der Waals surface area (Å²) in [6, 6.07) is 7.87. The second-order valence-corrected chi connectivity index (χ2v) is 6.96. The van der Waals surface area contributed by atoms with Crippen molar-refractivity contribution in [3.63, 3.8) is 0 Å². The van der Waals surface area contributed by atoms with Crippen LogP contribution in [0.3, 0.4) is 0 Å². The van der Waals surface area contributed by atoms with E-state index in [9.17, 15) is 4.79 Å². The van der Waals surface area contributed by atoms with Crippen molar-refractivity contribution in [2.24, 2.45) is 5.92 Å². The monoisotopic (exact) mass is 293 g/mol. The predicted molar refractivity (Wildman–Crippen MR) is 84.1 cm³/mol. The van der Waals surface area contributed by atoms with Gasteiger partial charge in [-0.2, -0.15) is 0 Å². The Morgan fingerprint density at radius 3 is 2.45 bits per heavy atom. The molecule has 0 bridgehead atoms. The normalized spacial score (nSPS) is 16.4. The van der Waals surface area contributed by atoms with Gasteiger partial charge < -0.3 is 5.32 Å². The molecule has 20 heavy (non-hydrogen) atoms. The quantitative estimate of drug-likeness (QED) is 0.861. The number of carbonyl (C=O) groups excluding carboxylic acids is 1. The number of carbonyl (C=O) groups is 1. The molecule has 1 amide bonds. The highest BCUT2D eigenvalue weighted by Gasteiger charge is 2.23. The van der Waals surface area contributed by atoms with Crippen LogP contribution in [-0.2, 0) is 10.2 Å². The zero-order valence-electron chi connectivity index (χ0n) is 12.4. The second-order valence-electron chi connectivity index (χ2n) is 6.52. The summed E-state index contributed by atoms with van der Waals surface area (Å²) < 4.78 is 0. The molecule has 1 aliphatic carbocycles. The number of halogens is 1. The lowest BCUT2D eigenvalue weighted by Gasteiger charge is -2.26. The van der Waals surface area contributed by atoms with Crippen LogP contribution in [0.15, 0.2) is 24.3 Å². The summed E-state index contributed by atoms with van der Waals surface area (Å²) >= 11 is 5.91. The molecule has 0 spiro atoms. The van der Waals surface area contributed by atoms with Gasteiger partial charge in [0.05, 0.1) is 0 Å². The molecule has 1 aliphatic rings. The van der Waals surface area contributed by atoms with Crippen molar-refractivity contribution in [2.75, 3.05) is 6.54 Å². The molecular formula is C17H24ClNO. The largest absolute Gasteiger partial charge is 0.355 e. The molecule has 0 radical (unpaired) electrons. The minimum Gasteiger partial charge on any atom is -0.355 e. The molecule has 2 nitrogen and oxygen atoms in total. The summed E-state index contributed by atoms with van der Waals surface area (Å²) in [6.07, 6.45) is 5.70. The molecule has 1 aromatic carbocycles. The first-order valence-corrected chi connectivity index (χ1v) is 7.88. The lowest BCUT2D eigenvalue weighted by molar-refractivity contribution is -0.122. The Bertz CT molecular complexity index is 447. The molecule has 110 valence electrons. The lowest BCUT2D eigenvalue weighted by atomic mass is 9.84. The van der Waals surface area contributed by atoms with E-state index in [0.717, 1.165) is 5.02 Å². The summed E-state index contributed by atoms with van der Waals surface area (Å²) in [7, 11) is 0. The van der Waals surface area contributed by atoms with E-state index in [0.29, 0.717) is 18.9 Å². The van der Waals surface area contributed by atoms with Gasteiger partial charge in [0.2, 0.25) is 5.91 Å². The Labute approximate surface area is 126 Å². The number of hydrogen-bond donors (Lipinski definition) is 1. The maximum Gasteiger partial charge on any atom is 0.220 e. The van der Waals surface area contributed by atoms with Crippen LogP contribution in [0.2, 0.25) is 5.02 Å². The summed E-state index contributed by atoms with van der Waals surface area (Å²) in [4.78, 5) is 12.0. The van der Waals surface area contributed by atoms with Crippen LogP contribution in [0, 0.1) is 5.92 Å². The fourth-order valence-electron chi connectivity index (χ4n) is 2.87. The van der Waals surface area contributed by atoms with Crippen LogP contribution in [0.1, 0.15) is 51.5 Å². The van der Waals surface area contributed by atoms with Crippen LogP contribution in [-0.4, -0.2) is 12.5 Å². The first kappa shape index (κ1) is 15.4. The Kier molecular flexibility index (Phi) is 5.09. The van der Waals surface area contributed by atoms with Gasteiger partial charge in [0.15, 0.2) is 0 Å². The Hall–Kier alpha value is -1.02. The molecule has 1 fully saturated rings. The second kappa shape index (κ2) is 6.62. The van der Waals surface area contributed by atoms with Crippen molar-refractivity contribution in [1.29, 1.82) is 0 Å². The first-order chi connectivity index (χ1) is 9.47. The van der Waals surface area contributed by atoms with E-state index in [2.05, 4.69) is 19.2 Å². The molecule has 0 unspecified atom stereocenters. The summed E-state index contributed by atoms with van der Waals surface area (Å²) in [5, 5.41) is 3.84. The van der Waals surface area contributed by atoms with Gasteiger partial charge in [0.1, 0.15) is 0 Å². The van der Waals surface area contributed by atoms with E-state index < -0.39 is 0 Å². The summed E-state index contributed by atoms with van der Waals surface area (Å²) in [6.45, 7) is 4.96. The first-order valence-electron chi connectivity index (χ1n) is 7.50. The number of rotatable bonds is 5. The molecule has 1 aromatic rings. The zero-order valence-corrected chi connectivity index (χ0v) is 13.2. The lowest BCUT2D eigenvalue weighted by Crippen LogP contribution is -2.37. The molecule has 0 aliphatic heterocycles. The van der Waals surface area contributed by atoms with Crippen molar-refractivity contribution >= 4 is 17.5 Å². The SMILES string of the molecule is CC(C)(CNC(=O)CC1CCCC1)c1ccc(Cl)cc1. The van der Waals surface area contributed by atoms with Gasteiger partial charge in [-0.25, -0.2) is 0 Å². The molecule has 2 rings (SSSR count). The summed E-state index contributed by atoms with van der Waals surface area (Å²) in [5.74, 6) is 0.799. The Morgan fingerprint density at radius 1 is 1.25 bits per heavy atom. The third-order valence-corrected chi connectivity index (χ3v) is 4.55. The number of amides is 1. The van der Waals surface area contributed by atoms with E-state index in [1.54, 1.807) is 0 Å². The number of benzene rings is 1. The van der Waals surface area contributed by atoms with Crippen molar-refractivity contribution in [1.82, 2.24) is 5.32 Å². The van der Waals surface area contributed by atoms with E-state index in [-0.39, 0.29) is 11.3 Å². The van der Waals surface area contributed by atoms with Crippen LogP contribution in [0.25, 0.3) is 0 Å². The molecule has 1 saturated carbocycles. The number of nitrogens with one attached hydrogen (secondary N) is 1. The highest BCUT2D eigenvalue weighted by molar-refractivity contribution is 6.30. The molecular weight excluding hydrogens is 270 g/mol. The Balaban J connectivity index is 1.84. The van der Waals surface area contributed by atoms with Crippen LogP contribution in [0.4, 0.5) is 0 Å². The average Bonchev–Trinajstić information content (AvgIpc) is 2.90. The van der Waals surface area contributed by atoms with Crippen molar-refractivity contribution in [3.8, 4) is 0 Å². The van der Waals surface area contributed by atoms with Gasteiger partial charge >= 0.3 is 0 Å². The van der Waals surface area contributed by atoms with E-state index in [4.69, 9.17) is 11.6 Å². The molecule has 1 N–H and O–H groups in total. The summed E-state index contributed by atoms with van der Waals surface area (Å²) in [5.41, 5.74) is 1.12. The molecule has 0 saturated heterocycles. The van der Waals surface area contributed by atoms with Crippen LogP contribution >= 0.6 is 11.6 Å². The van der Waals surface area contributed by atoms with Crippen molar-refractivity contribution in [3.05, 3.63) is 34.9 Å². The highest BCUT2D eigenvalue weighted by atomic mass is 35.5. The molecule has 0 aromatic heterocycles. The average molecular weight is 294 g/mol. The fraction of sp³-hybridized carbons (Fsp3) is 0.588. The fourth-order valence-corrected chi connectivity index (χ4v) is 3.00.